The van der Waals surface area contributed by atoms with Crippen LogP contribution in [-0.4, -0.2) is 22.2 Å². The van der Waals surface area contributed by atoms with Crippen molar-refractivity contribution in [3.8, 4) is 0 Å². The molecule has 5 nitrogen and oxygen atoms in total. The van der Waals surface area contributed by atoms with Gasteiger partial charge in [-0.15, -0.1) is 0 Å². The molecule has 1 heterocycles. The number of rotatable bonds is 5. The molecule has 1 N–H and O–H groups in total. The number of aryl methyl sites for hydroxylation is 1. The molecule has 110 valence electrons. The molecule has 2 aromatic rings. The van der Waals surface area contributed by atoms with Gasteiger partial charge in [-0.1, -0.05) is 23.2 Å². The first-order valence-electron chi connectivity index (χ1n) is 6.33. The molecule has 1 amide bonds. The lowest BCUT2D eigenvalue weighted by Gasteiger charge is -2.07. The molecule has 0 aliphatic rings. The molecule has 0 spiro atoms. The van der Waals surface area contributed by atoms with E-state index in [0.29, 0.717) is 35.1 Å². The van der Waals surface area contributed by atoms with Gasteiger partial charge in [0.1, 0.15) is 0 Å². The third-order valence-corrected chi connectivity index (χ3v) is 3.18. The molecular formula is C14H13Cl2N3O2. The Kier molecular flexibility index (Phi) is 5.36. The average molecular weight is 326 g/mol. The number of carbonyl (C=O) groups is 1. The normalized spacial score (nSPS) is 10.4. The molecule has 0 bridgehead atoms. The van der Waals surface area contributed by atoms with Crippen molar-refractivity contribution in [3.63, 3.8) is 0 Å². The number of nitrogens with zero attached hydrogens (tertiary/aromatic N) is 2. The molecule has 0 saturated heterocycles. The van der Waals surface area contributed by atoms with E-state index in [2.05, 4.69) is 10.4 Å². The van der Waals surface area contributed by atoms with E-state index in [9.17, 15) is 9.59 Å². The number of nitrogens with one attached hydrogen (secondary N) is 1. The van der Waals surface area contributed by atoms with Crippen LogP contribution in [0.15, 0.2) is 41.3 Å². The summed E-state index contributed by atoms with van der Waals surface area (Å²) in [5.41, 5.74) is 0.243. The second kappa shape index (κ2) is 7.24. The molecule has 0 unspecified atom stereocenters. The van der Waals surface area contributed by atoms with Gasteiger partial charge in [-0.3, -0.25) is 9.59 Å². The summed E-state index contributed by atoms with van der Waals surface area (Å²) in [5, 5.41) is 7.50. The molecule has 21 heavy (non-hydrogen) atoms. The van der Waals surface area contributed by atoms with Gasteiger partial charge in [-0.05, 0) is 30.7 Å². The van der Waals surface area contributed by atoms with Crippen LogP contribution >= 0.6 is 23.2 Å². The maximum atomic E-state index is 11.9. The zero-order chi connectivity index (χ0) is 15.2. The van der Waals surface area contributed by atoms with Crippen LogP contribution in [-0.2, 0) is 6.54 Å². The Morgan fingerprint density at radius 1 is 1.24 bits per heavy atom. The van der Waals surface area contributed by atoms with Crippen molar-refractivity contribution < 1.29 is 4.79 Å². The first-order chi connectivity index (χ1) is 10.1. The quantitative estimate of drug-likeness (QED) is 0.858. The largest absolute Gasteiger partial charge is 0.352 e. The van der Waals surface area contributed by atoms with Crippen LogP contribution in [0.25, 0.3) is 0 Å². The second-order valence-corrected chi connectivity index (χ2v) is 5.23. The van der Waals surface area contributed by atoms with Crippen LogP contribution in [0, 0.1) is 0 Å². The molecule has 0 saturated carbocycles. The van der Waals surface area contributed by atoms with Gasteiger partial charge in [-0.25, -0.2) is 4.68 Å². The van der Waals surface area contributed by atoms with Crippen LogP contribution in [0.2, 0.25) is 10.0 Å². The van der Waals surface area contributed by atoms with Crippen molar-refractivity contribution in [1.82, 2.24) is 15.1 Å². The highest BCUT2D eigenvalue weighted by Crippen LogP contribution is 2.18. The van der Waals surface area contributed by atoms with E-state index in [4.69, 9.17) is 23.2 Å². The van der Waals surface area contributed by atoms with Crippen LogP contribution in [0.5, 0.6) is 0 Å². The van der Waals surface area contributed by atoms with E-state index in [1.807, 2.05) is 0 Å². The number of aromatic nitrogens is 2. The smallest absolute Gasteiger partial charge is 0.266 e. The summed E-state index contributed by atoms with van der Waals surface area (Å²) in [5.74, 6) is -0.257. The topological polar surface area (TPSA) is 64.0 Å². The molecule has 0 fully saturated rings. The predicted octanol–water partition coefficient (Wildman–Crippen LogP) is 2.37. The number of amides is 1. The standard InChI is InChI=1S/C14H13Cl2N3O2/c15-11-7-10(8-12(16)9-11)14(21)17-4-2-6-19-13(20)3-1-5-18-19/h1,3,5,7-9H,2,4,6H2,(H,17,21). The molecule has 7 heteroatoms. The minimum Gasteiger partial charge on any atom is -0.352 e. The molecule has 0 aliphatic heterocycles. The molecule has 2 rings (SSSR count). The van der Waals surface area contributed by atoms with Crippen LogP contribution in [0.1, 0.15) is 16.8 Å². The van der Waals surface area contributed by atoms with E-state index in [-0.39, 0.29) is 11.5 Å². The van der Waals surface area contributed by atoms with Crippen molar-refractivity contribution in [2.75, 3.05) is 6.54 Å². The summed E-state index contributed by atoms with van der Waals surface area (Å²) < 4.78 is 1.35. The van der Waals surface area contributed by atoms with Crippen LogP contribution < -0.4 is 10.9 Å². The summed E-state index contributed by atoms with van der Waals surface area (Å²) in [7, 11) is 0. The van der Waals surface area contributed by atoms with Crippen molar-refractivity contribution in [1.29, 1.82) is 0 Å². The first-order valence-corrected chi connectivity index (χ1v) is 7.08. The lowest BCUT2D eigenvalue weighted by molar-refractivity contribution is 0.0952. The fourth-order valence-electron chi connectivity index (χ4n) is 1.77. The Balaban J connectivity index is 1.85. The lowest BCUT2D eigenvalue weighted by Crippen LogP contribution is -2.27. The minimum absolute atomic E-state index is 0.162. The Morgan fingerprint density at radius 2 is 1.95 bits per heavy atom. The van der Waals surface area contributed by atoms with E-state index >= 15 is 0 Å². The minimum atomic E-state index is -0.257. The molecular weight excluding hydrogens is 313 g/mol. The Labute approximate surface area is 131 Å². The number of halogens is 2. The SMILES string of the molecule is O=C(NCCCn1ncccc1=O)c1cc(Cl)cc(Cl)c1. The van der Waals surface area contributed by atoms with Crippen molar-refractivity contribution in [2.24, 2.45) is 0 Å². The predicted molar refractivity (Wildman–Crippen MR) is 81.9 cm³/mol. The third-order valence-electron chi connectivity index (χ3n) is 2.74. The van der Waals surface area contributed by atoms with Crippen molar-refractivity contribution >= 4 is 29.1 Å². The summed E-state index contributed by atoms with van der Waals surface area (Å²) in [4.78, 5) is 23.3. The average Bonchev–Trinajstić information content (AvgIpc) is 2.44. The van der Waals surface area contributed by atoms with Gasteiger partial charge in [0.2, 0.25) is 0 Å². The van der Waals surface area contributed by atoms with Gasteiger partial charge < -0.3 is 5.32 Å². The number of benzene rings is 1. The monoisotopic (exact) mass is 325 g/mol. The van der Waals surface area contributed by atoms with Crippen molar-refractivity contribution in [2.45, 2.75) is 13.0 Å². The Hall–Kier alpha value is -1.85. The number of hydrogen-bond donors (Lipinski definition) is 1. The number of carbonyl (C=O) groups excluding carboxylic acids is 1. The zero-order valence-corrected chi connectivity index (χ0v) is 12.6. The highest BCUT2D eigenvalue weighted by atomic mass is 35.5. The van der Waals surface area contributed by atoms with Gasteiger partial charge in [0, 0.05) is 41.0 Å². The fourth-order valence-corrected chi connectivity index (χ4v) is 2.30. The molecule has 1 aromatic heterocycles. The highest BCUT2D eigenvalue weighted by Gasteiger charge is 2.07. The Bertz CT molecular complexity index is 680. The molecule has 0 atom stereocenters. The lowest BCUT2D eigenvalue weighted by atomic mass is 10.2. The molecule has 0 aliphatic carbocycles. The van der Waals surface area contributed by atoms with E-state index in [1.165, 1.54) is 10.7 Å². The van der Waals surface area contributed by atoms with E-state index < -0.39 is 0 Å². The summed E-state index contributed by atoms with van der Waals surface area (Å²) in [6.45, 7) is 0.863. The maximum Gasteiger partial charge on any atom is 0.266 e. The van der Waals surface area contributed by atoms with Crippen LogP contribution in [0.3, 0.4) is 0 Å². The van der Waals surface area contributed by atoms with E-state index in [1.54, 1.807) is 30.5 Å². The fraction of sp³-hybridized carbons (Fsp3) is 0.214. The third kappa shape index (κ3) is 4.58. The van der Waals surface area contributed by atoms with Gasteiger partial charge in [0.25, 0.3) is 11.5 Å². The second-order valence-electron chi connectivity index (χ2n) is 4.35. The summed E-state index contributed by atoms with van der Waals surface area (Å²) >= 11 is 11.7. The van der Waals surface area contributed by atoms with Crippen molar-refractivity contribution in [3.05, 3.63) is 62.5 Å². The summed E-state index contributed by atoms with van der Waals surface area (Å²) in [6, 6.07) is 7.69. The first kappa shape index (κ1) is 15.5. The van der Waals surface area contributed by atoms with E-state index in [0.717, 1.165) is 0 Å². The molecule has 1 aromatic carbocycles. The highest BCUT2D eigenvalue weighted by molar-refractivity contribution is 6.35. The number of hydrogen-bond acceptors (Lipinski definition) is 3. The summed E-state index contributed by atoms with van der Waals surface area (Å²) in [6.07, 6.45) is 2.14. The van der Waals surface area contributed by atoms with Crippen LogP contribution in [0.4, 0.5) is 0 Å². The molecule has 0 radical (unpaired) electrons. The van der Waals surface area contributed by atoms with Gasteiger partial charge in [0.15, 0.2) is 0 Å². The van der Waals surface area contributed by atoms with Gasteiger partial charge in [-0.2, -0.15) is 5.10 Å². The zero-order valence-electron chi connectivity index (χ0n) is 11.1. The van der Waals surface area contributed by atoms with Gasteiger partial charge >= 0.3 is 0 Å². The van der Waals surface area contributed by atoms with Gasteiger partial charge in [0.05, 0.1) is 0 Å². The Morgan fingerprint density at radius 3 is 2.62 bits per heavy atom. The maximum absolute atomic E-state index is 11.9.